The molecule has 1 aromatic carbocycles. The molecular formula is C23H33FN2O2. The topological polar surface area (TPSA) is 72.2 Å². The first-order valence-corrected chi connectivity index (χ1v) is 10.8. The summed E-state index contributed by atoms with van der Waals surface area (Å²) in [5.41, 5.74) is 7.24. The van der Waals surface area contributed by atoms with Crippen LogP contribution in [-0.2, 0) is 15.0 Å². The standard InChI is InChI=1S/C23H33FN2O2/c24-20-11-9-19(10-12-20)23(13-3-1-2-4-14-23)16-26-22(28)21(25)18-7-5-17(15-27)6-8-18/h9-12,15,17-18,21H,1-8,13-14,16,25H2,(H,26,28). The number of hydrogen-bond donors (Lipinski definition) is 2. The minimum atomic E-state index is -0.524. The van der Waals surface area contributed by atoms with E-state index in [0.29, 0.717) is 6.54 Å². The summed E-state index contributed by atoms with van der Waals surface area (Å²) in [6, 6.07) is 6.24. The van der Waals surface area contributed by atoms with Crippen molar-refractivity contribution in [3.8, 4) is 0 Å². The second-order valence-corrected chi connectivity index (χ2v) is 8.76. The van der Waals surface area contributed by atoms with Crippen LogP contribution in [0.2, 0.25) is 0 Å². The third-order valence-electron chi connectivity index (χ3n) is 6.94. The Morgan fingerprint density at radius 1 is 1.11 bits per heavy atom. The summed E-state index contributed by atoms with van der Waals surface area (Å²) in [5, 5.41) is 3.13. The Bertz CT molecular complexity index is 645. The van der Waals surface area contributed by atoms with Crippen LogP contribution in [0.4, 0.5) is 4.39 Å². The van der Waals surface area contributed by atoms with E-state index in [4.69, 9.17) is 5.73 Å². The molecule has 1 atom stereocenters. The molecule has 28 heavy (non-hydrogen) atoms. The predicted molar refractivity (Wildman–Crippen MR) is 108 cm³/mol. The molecule has 5 heteroatoms. The van der Waals surface area contributed by atoms with Crippen molar-refractivity contribution in [2.75, 3.05) is 6.54 Å². The Balaban J connectivity index is 1.65. The summed E-state index contributed by atoms with van der Waals surface area (Å²) in [7, 11) is 0. The predicted octanol–water partition coefficient (Wildman–Crippen LogP) is 3.87. The van der Waals surface area contributed by atoms with Crippen LogP contribution in [0.5, 0.6) is 0 Å². The van der Waals surface area contributed by atoms with Gasteiger partial charge in [-0.15, -0.1) is 0 Å². The van der Waals surface area contributed by atoms with Gasteiger partial charge in [0.05, 0.1) is 6.04 Å². The van der Waals surface area contributed by atoms with Gasteiger partial charge in [0.2, 0.25) is 5.91 Å². The Kier molecular flexibility index (Phi) is 7.22. The summed E-state index contributed by atoms with van der Waals surface area (Å²) in [6.45, 7) is 0.550. The lowest BCUT2D eigenvalue weighted by molar-refractivity contribution is -0.124. The van der Waals surface area contributed by atoms with E-state index in [0.717, 1.165) is 63.2 Å². The lowest BCUT2D eigenvalue weighted by Gasteiger charge is -2.35. The number of hydrogen-bond acceptors (Lipinski definition) is 3. The van der Waals surface area contributed by atoms with Crippen LogP contribution in [0, 0.1) is 17.7 Å². The highest BCUT2D eigenvalue weighted by atomic mass is 19.1. The minimum Gasteiger partial charge on any atom is -0.354 e. The summed E-state index contributed by atoms with van der Waals surface area (Å²) >= 11 is 0. The normalized spacial score (nSPS) is 26.1. The second kappa shape index (κ2) is 9.64. The van der Waals surface area contributed by atoms with Crippen molar-refractivity contribution in [3.63, 3.8) is 0 Å². The van der Waals surface area contributed by atoms with Gasteiger partial charge < -0.3 is 15.8 Å². The molecular weight excluding hydrogens is 355 g/mol. The molecule has 2 aliphatic carbocycles. The van der Waals surface area contributed by atoms with Gasteiger partial charge >= 0.3 is 0 Å². The molecule has 0 saturated heterocycles. The molecule has 0 radical (unpaired) electrons. The summed E-state index contributed by atoms with van der Waals surface area (Å²) in [4.78, 5) is 23.7. The van der Waals surface area contributed by atoms with E-state index in [1.165, 1.54) is 25.0 Å². The molecule has 0 spiro atoms. The van der Waals surface area contributed by atoms with Crippen LogP contribution in [-0.4, -0.2) is 24.8 Å². The fourth-order valence-corrected chi connectivity index (χ4v) is 5.00. The van der Waals surface area contributed by atoms with Crippen LogP contribution < -0.4 is 11.1 Å². The number of carbonyl (C=O) groups is 2. The quantitative estimate of drug-likeness (QED) is 0.574. The maximum absolute atomic E-state index is 13.4. The van der Waals surface area contributed by atoms with Gasteiger partial charge in [-0.05, 0) is 62.1 Å². The fourth-order valence-electron chi connectivity index (χ4n) is 5.00. The van der Waals surface area contributed by atoms with Crippen molar-refractivity contribution in [2.24, 2.45) is 17.6 Å². The van der Waals surface area contributed by atoms with Crippen molar-refractivity contribution in [1.29, 1.82) is 0 Å². The van der Waals surface area contributed by atoms with E-state index in [1.807, 2.05) is 12.1 Å². The van der Waals surface area contributed by atoms with Gasteiger partial charge in [-0.25, -0.2) is 4.39 Å². The monoisotopic (exact) mass is 388 g/mol. The smallest absolute Gasteiger partial charge is 0.237 e. The molecule has 2 saturated carbocycles. The van der Waals surface area contributed by atoms with Crippen LogP contribution >= 0.6 is 0 Å². The average Bonchev–Trinajstić information content (AvgIpc) is 2.98. The van der Waals surface area contributed by atoms with Crippen molar-refractivity contribution >= 4 is 12.2 Å². The number of rotatable bonds is 6. The number of benzene rings is 1. The molecule has 0 aromatic heterocycles. The van der Waals surface area contributed by atoms with E-state index in [-0.39, 0.29) is 29.0 Å². The van der Waals surface area contributed by atoms with Crippen molar-refractivity contribution in [2.45, 2.75) is 75.7 Å². The molecule has 1 amide bonds. The van der Waals surface area contributed by atoms with Crippen LogP contribution in [0.25, 0.3) is 0 Å². The summed E-state index contributed by atoms with van der Waals surface area (Å²) < 4.78 is 13.4. The lowest BCUT2D eigenvalue weighted by Crippen LogP contribution is -2.50. The molecule has 1 aromatic rings. The average molecular weight is 389 g/mol. The summed E-state index contributed by atoms with van der Waals surface area (Å²) in [5.74, 6) is -0.0591. The highest BCUT2D eigenvalue weighted by Crippen LogP contribution is 2.38. The second-order valence-electron chi connectivity index (χ2n) is 8.76. The van der Waals surface area contributed by atoms with Gasteiger partial charge in [0.1, 0.15) is 12.1 Å². The Morgan fingerprint density at radius 3 is 2.29 bits per heavy atom. The van der Waals surface area contributed by atoms with E-state index in [9.17, 15) is 14.0 Å². The summed E-state index contributed by atoms with van der Waals surface area (Å²) in [6.07, 6.45) is 11.0. The van der Waals surface area contributed by atoms with Gasteiger partial charge in [0.15, 0.2) is 0 Å². The van der Waals surface area contributed by atoms with Crippen molar-refractivity contribution in [1.82, 2.24) is 5.32 Å². The molecule has 0 aliphatic heterocycles. The highest BCUT2D eigenvalue weighted by Gasteiger charge is 2.35. The Labute approximate surface area is 167 Å². The fraction of sp³-hybridized carbons (Fsp3) is 0.652. The van der Waals surface area contributed by atoms with E-state index >= 15 is 0 Å². The zero-order valence-electron chi connectivity index (χ0n) is 16.7. The van der Waals surface area contributed by atoms with Crippen LogP contribution in [0.1, 0.15) is 69.8 Å². The first-order chi connectivity index (χ1) is 13.5. The van der Waals surface area contributed by atoms with Crippen molar-refractivity contribution < 1.29 is 14.0 Å². The van der Waals surface area contributed by atoms with Crippen molar-refractivity contribution in [3.05, 3.63) is 35.6 Å². The van der Waals surface area contributed by atoms with Crippen LogP contribution in [0.15, 0.2) is 24.3 Å². The van der Waals surface area contributed by atoms with Gasteiger partial charge in [0.25, 0.3) is 0 Å². The van der Waals surface area contributed by atoms with Gasteiger partial charge in [-0.1, -0.05) is 37.8 Å². The highest BCUT2D eigenvalue weighted by molar-refractivity contribution is 5.82. The number of nitrogens with two attached hydrogens (primary N) is 1. The number of aldehydes is 1. The minimum absolute atomic E-state index is 0.0970. The van der Waals surface area contributed by atoms with E-state index in [1.54, 1.807) is 0 Å². The van der Waals surface area contributed by atoms with E-state index < -0.39 is 6.04 Å². The molecule has 0 bridgehead atoms. The molecule has 0 heterocycles. The van der Waals surface area contributed by atoms with Gasteiger partial charge in [-0.2, -0.15) is 0 Å². The molecule has 2 fully saturated rings. The molecule has 2 aliphatic rings. The first kappa shape index (κ1) is 21.0. The van der Waals surface area contributed by atoms with E-state index in [2.05, 4.69) is 5.32 Å². The number of nitrogens with one attached hydrogen (secondary N) is 1. The Morgan fingerprint density at radius 2 is 1.71 bits per heavy atom. The largest absolute Gasteiger partial charge is 0.354 e. The molecule has 1 unspecified atom stereocenters. The zero-order chi connectivity index (χ0) is 20.0. The van der Waals surface area contributed by atoms with Crippen LogP contribution in [0.3, 0.4) is 0 Å². The molecule has 154 valence electrons. The molecule has 4 nitrogen and oxygen atoms in total. The Hall–Kier alpha value is -1.75. The third-order valence-corrected chi connectivity index (χ3v) is 6.94. The SMILES string of the molecule is NC(C(=O)NCC1(c2ccc(F)cc2)CCCCCC1)C1CCC(C=O)CC1. The third kappa shape index (κ3) is 4.99. The maximum Gasteiger partial charge on any atom is 0.237 e. The number of carbonyl (C=O) groups excluding carboxylic acids is 2. The number of halogens is 1. The number of amides is 1. The first-order valence-electron chi connectivity index (χ1n) is 10.8. The van der Waals surface area contributed by atoms with Gasteiger partial charge in [0, 0.05) is 17.9 Å². The molecule has 3 rings (SSSR count). The molecule has 3 N–H and O–H groups in total. The maximum atomic E-state index is 13.4. The van der Waals surface area contributed by atoms with Gasteiger partial charge in [-0.3, -0.25) is 4.79 Å². The zero-order valence-corrected chi connectivity index (χ0v) is 16.7. The lowest BCUT2D eigenvalue weighted by atomic mass is 9.74.